The smallest absolute Gasteiger partial charge is 0.419 e. The van der Waals surface area contributed by atoms with Crippen molar-refractivity contribution in [3.63, 3.8) is 0 Å². The topological polar surface area (TPSA) is 73.8 Å². The van der Waals surface area contributed by atoms with E-state index in [1.807, 2.05) is 22.5 Å². The minimum atomic E-state index is -4.94. The summed E-state index contributed by atoms with van der Waals surface area (Å²) in [5, 5.41) is 8.77. The summed E-state index contributed by atoms with van der Waals surface area (Å²) in [5.74, 6) is 0. The van der Waals surface area contributed by atoms with E-state index in [-0.39, 0.29) is 18.3 Å². The maximum Gasteiger partial charge on any atom is 0.419 e. The summed E-state index contributed by atoms with van der Waals surface area (Å²) < 4.78 is 84.9. The summed E-state index contributed by atoms with van der Waals surface area (Å²) >= 11 is 0. The molecular weight excluding hydrogens is 468 g/mol. The summed E-state index contributed by atoms with van der Waals surface area (Å²) in [4.78, 5) is 12.6. The SMILES string of the molecule is O=C(O)NNCN1CCCC(OCc2cc(C(F)(F)F)cc(C(F)(F)F)c2)C1c1ccccc1. The second-order valence-electron chi connectivity index (χ2n) is 7.84. The van der Waals surface area contributed by atoms with Gasteiger partial charge in [0.15, 0.2) is 0 Å². The number of amides is 1. The number of hydrogen-bond donors (Lipinski definition) is 3. The molecule has 0 bridgehead atoms. The number of rotatable bonds is 7. The van der Waals surface area contributed by atoms with Crippen molar-refractivity contribution < 1.29 is 41.0 Å². The zero-order valence-corrected chi connectivity index (χ0v) is 17.8. The van der Waals surface area contributed by atoms with Crippen LogP contribution in [0.15, 0.2) is 48.5 Å². The predicted molar refractivity (Wildman–Crippen MR) is 109 cm³/mol. The molecule has 186 valence electrons. The molecule has 0 saturated carbocycles. The maximum absolute atomic E-state index is 13.2. The highest BCUT2D eigenvalue weighted by atomic mass is 19.4. The van der Waals surface area contributed by atoms with Gasteiger partial charge in [-0.1, -0.05) is 30.3 Å². The van der Waals surface area contributed by atoms with Crippen LogP contribution in [0.5, 0.6) is 0 Å². The van der Waals surface area contributed by atoms with Crippen LogP contribution in [0.4, 0.5) is 31.1 Å². The van der Waals surface area contributed by atoms with Crippen LogP contribution >= 0.6 is 0 Å². The number of nitrogens with zero attached hydrogens (tertiary/aromatic N) is 1. The van der Waals surface area contributed by atoms with Gasteiger partial charge >= 0.3 is 18.4 Å². The van der Waals surface area contributed by atoms with Gasteiger partial charge in [0.2, 0.25) is 0 Å². The van der Waals surface area contributed by atoms with E-state index < -0.39 is 48.3 Å². The lowest BCUT2D eigenvalue weighted by Gasteiger charge is -2.41. The van der Waals surface area contributed by atoms with E-state index in [0.29, 0.717) is 31.5 Å². The quantitative estimate of drug-likeness (QED) is 0.368. The fourth-order valence-corrected chi connectivity index (χ4v) is 3.98. The van der Waals surface area contributed by atoms with E-state index in [1.54, 1.807) is 18.2 Å². The number of benzene rings is 2. The molecule has 3 N–H and O–H groups in total. The number of alkyl halides is 6. The van der Waals surface area contributed by atoms with Gasteiger partial charge in [-0.25, -0.2) is 10.2 Å². The number of carbonyl (C=O) groups is 1. The Morgan fingerprint density at radius 3 is 2.21 bits per heavy atom. The Labute approximate surface area is 191 Å². The molecule has 1 aliphatic rings. The van der Waals surface area contributed by atoms with Gasteiger partial charge in [-0.15, -0.1) is 0 Å². The van der Waals surface area contributed by atoms with E-state index in [4.69, 9.17) is 9.84 Å². The van der Waals surface area contributed by atoms with Crippen molar-refractivity contribution in [2.45, 2.75) is 43.9 Å². The van der Waals surface area contributed by atoms with Crippen molar-refractivity contribution in [3.8, 4) is 0 Å². The van der Waals surface area contributed by atoms with Crippen LogP contribution < -0.4 is 10.9 Å². The average Bonchev–Trinajstić information content (AvgIpc) is 2.76. The zero-order valence-electron chi connectivity index (χ0n) is 17.8. The largest absolute Gasteiger partial charge is 0.464 e. The molecule has 6 nitrogen and oxygen atoms in total. The number of ether oxygens (including phenoxy) is 1. The lowest BCUT2D eigenvalue weighted by molar-refractivity contribution is -0.143. The number of hydrogen-bond acceptors (Lipinski definition) is 4. The van der Waals surface area contributed by atoms with Crippen LogP contribution in [0.2, 0.25) is 0 Å². The van der Waals surface area contributed by atoms with Gasteiger partial charge < -0.3 is 9.84 Å². The standard InChI is InChI=1S/C22H23F6N3O3/c23-21(24,25)16-9-14(10-17(11-16)22(26,27)28)12-34-18-7-4-8-31(13-29-30-20(32)33)19(18)15-5-2-1-3-6-15/h1-3,5-6,9-11,18-19,29-30H,4,7-8,12-13H2,(H,32,33). The highest BCUT2D eigenvalue weighted by Crippen LogP contribution is 2.37. The van der Waals surface area contributed by atoms with E-state index in [2.05, 4.69) is 5.43 Å². The molecule has 2 aromatic rings. The Morgan fingerprint density at radius 1 is 1.03 bits per heavy atom. The van der Waals surface area contributed by atoms with Gasteiger partial charge in [-0.05, 0) is 42.2 Å². The Balaban J connectivity index is 1.83. The minimum Gasteiger partial charge on any atom is -0.464 e. The first kappa shape index (κ1) is 25.8. The van der Waals surface area contributed by atoms with Crippen LogP contribution in [0.3, 0.4) is 0 Å². The molecule has 1 fully saturated rings. The van der Waals surface area contributed by atoms with Crippen LogP contribution in [-0.2, 0) is 23.7 Å². The molecule has 2 atom stereocenters. The highest BCUT2D eigenvalue weighted by molar-refractivity contribution is 5.63. The van der Waals surface area contributed by atoms with E-state index in [9.17, 15) is 31.1 Å². The second kappa shape index (κ2) is 10.6. The Hall–Kier alpha value is -2.83. The van der Waals surface area contributed by atoms with E-state index >= 15 is 0 Å². The molecule has 12 heteroatoms. The first-order valence-electron chi connectivity index (χ1n) is 10.4. The maximum atomic E-state index is 13.2. The third kappa shape index (κ3) is 6.84. The summed E-state index contributed by atoms with van der Waals surface area (Å²) in [5.41, 5.74) is 2.41. The first-order valence-corrected chi connectivity index (χ1v) is 10.4. The fourth-order valence-electron chi connectivity index (χ4n) is 3.98. The number of nitrogens with one attached hydrogen (secondary N) is 2. The van der Waals surface area contributed by atoms with Crippen LogP contribution in [0, 0.1) is 0 Å². The molecule has 0 aromatic heterocycles. The minimum absolute atomic E-state index is 0.0831. The Bertz CT molecular complexity index is 936. The molecule has 2 aromatic carbocycles. The molecular formula is C22H23F6N3O3. The number of halogens is 6. The van der Waals surface area contributed by atoms with Gasteiger partial charge in [0.25, 0.3) is 0 Å². The normalized spacial score (nSPS) is 19.7. The van der Waals surface area contributed by atoms with Crippen molar-refractivity contribution in [1.82, 2.24) is 15.8 Å². The fraction of sp³-hybridized carbons (Fsp3) is 0.409. The monoisotopic (exact) mass is 491 g/mol. The van der Waals surface area contributed by atoms with Crippen molar-refractivity contribution in [1.29, 1.82) is 0 Å². The molecule has 0 aliphatic carbocycles. The molecule has 0 spiro atoms. The lowest BCUT2D eigenvalue weighted by atomic mass is 9.92. The highest BCUT2D eigenvalue weighted by Gasteiger charge is 2.37. The molecule has 34 heavy (non-hydrogen) atoms. The van der Waals surface area contributed by atoms with E-state index in [0.717, 1.165) is 5.56 Å². The van der Waals surface area contributed by atoms with Gasteiger partial charge in [0.05, 0.1) is 36.5 Å². The third-order valence-electron chi connectivity index (χ3n) is 5.41. The second-order valence-corrected chi connectivity index (χ2v) is 7.84. The molecule has 1 amide bonds. The summed E-state index contributed by atoms with van der Waals surface area (Å²) in [6, 6.07) is 10.1. The first-order chi connectivity index (χ1) is 15.9. The van der Waals surface area contributed by atoms with Crippen molar-refractivity contribution in [3.05, 3.63) is 70.8 Å². The van der Waals surface area contributed by atoms with Gasteiger partial charge in [-0.3, -0.25) is 10.3 Å². The lowest BCUT2D eigenvalue weighted by Crippen LogP contribution is -2.50. The van der Waals surface area contributed by atoms with Gasteiger partial charge in [-0.2, -0.15) is 26.3 Å². The summed E-state index contributed by atoms with van der Waals surface area (Å²) in [6.45, 7) is 0.249. The molecule has 1 saturated heterocycles. The predicted octanol–water partition coefficient (Wildman–Crippen LogP) is 5.18. The molecule has 1 heterocycles. The molecule has 0 radical (unpaired) electrons. The zero-order chi connectivity index (χ0) is 24.9. The Kier molecular flexibility index (Phi) is 8.05. The summed E-state index contributed by atoms with van der Waals surface area (Å²) in [7, 11) is 0. The summed E-state index contributed by atoms with van der Waals surface area (Å²) in [6.07, 6.45) is -10.5. The van der Waals surface area contributed by atoms with Crippen LogP contribution in [0.25, 0.3) is 0 Å². The number of hydrazine groups is 1. The number of carboxylic acid groups (broad SMARTS) is 1. The number of likely N-dealkylation sites (tertiary alicyclic amines) is 1. The molecule has 3 rings (SSSR count). The average molecular weight is 491 g/mol. The van der Waals surface area contributed by atoms with Crippen LogP contribution in [0.1, 0.15) is 41.1 Å². The van der Waals surface area contributed by atoms with Gasteiger partial charge in [0.1, 0.15) is 0 Å². The van der Waals surface area contributed by atoms with Crippen LogP contribution in [-0.4, -0.2) is 35.4 Å². The molecule has 2 unspecified atom stereocenters. The van der Waals surface area contributed by atoms with Gasteiger partial charge in [0, 0.05) is 6.54 Å². The van der Waals surface area contributed by atoms with Crippen molar-refractivity contribution in [2.75, 3.05) is 13.2 Å². The van der Waals surface area contributed by atoms with Crippen molar-refractivity contribution in [2.24, 2.45) is 0 Å². The van der Waals surface area contributed by atoms with E-state index in [1.165, 1.54) is 0 Å². The molecule has 1 aliphatic heterocycles. The Morgan fingerprint density at radius 2 is 1.65 bits per heavy atom. The third-order valence-corrected chi connectivity index (χ3v) is 5.41. The van der Waals surface area contributed by atoms with Crippen molar-refractivity contribution >= 4 is 6.09 Å². The number of piperidine rings is 1.